The molecule has 2 aromatic carbocycles. The van der Waals surface area contributed by atoms with Crippen LogP contribution in [-0.4, -0.2) is 6.54 Å². The predicted molar refractivity (Wildman–Crippen MR) is 67.1 cm³/mol. The summed E-state index contributed by atoms with van der Waals surface area (Å²) in [6, 6.07) is 12.2. The number of hydrogen-bond acceptors (Lipinski definition) is 2. The molecule has 0 radical (unpaired) electrons. The summed E-state index contributed by atoms with van der Waals surface area (Å²) in [4.78, 5) is 0. The van der Waals surface area contributed by atoms with Gasteiger partial charge in [-0.25, -0.2) is 0 Å². The van der Waals surface area contributed by atoms with E-state index in [4.69, 9.17) is 5.73 Å². The van der Waals surface area contributed by atoms with E-state index in [1.54, 1.807) is 0 Å². The van der Waals surface area contributed by atoms with Gasteiger partial charge in [-0.05, 0) is 23.9 Å². The zero-order valence-corrected chi connectivity index (χ0v) is 8.96. The lowest BCUT2D eigenvalue weighted by molar-refractivity contribution is 0.981. The number of hydrogen-bond donors (Lipinski definition) is 2. The summed E-state index contributed by atoms with van der Waals surface area (Å²) < 4.78 is 0. The Morgan fingerprint density at radius 1 is 1.13 bits per heavy atom. The monoisotopic (exact) mass is 200 g/mol. The van der Waals surface area contributed by atoms with Crippen molar-refractivity contribution >= 4 is 22.1 Å². The summed E-state index contributed by atoms with van der Waals surface area (Å²) in [7, 11) is 0. The Morgan fingerprint density at radius 3 is 2.60 bits per heavy atom. The Hall–Kier alpha value is -1.70. The number of rotatable bonds is 3. The van der Waals surface area contributed by atoms with Gasteiger partial charge >= 0.3 is 0 Å². The highest BCUT2D eigenvalue weighted by atomic mass is 14.9. The molecular formula is C13H16N2. The highest BCUT2D eigenvalue weighted by Crippen LogP contribution is 2.28. The number of nitrogens with two attached hydrogens (primary N) is 1. The lowest BCUT2D eigenvalue weighted by atomic mass is 10.1. The van der Waals surface area contributed by atoms with Crippen molar-refractivity contribution in [2.45, 2.75) is 13.3 Å². The van der Waals surface area contributed by atoms with Gasteiger partial charge in [-0.2, -0.15) is 0 Å². The summed E-state index contributed by atoms with van der Waals surface area (Å²) in [5.74, 6) is 0. The molecule has 0 spiro atoms. The lowest BCUT2D eigenvalue weighted by Crippen LogP contribution is -2.01. The third-order valence-electron chi connectivity index (χ3n) is 2.50. The van der Waals surface area contributed by atoms with Crippen molar-refractivity contribution in [1.29, 1.82) is 0 Å². The van der Waals surface area contributed by atoms with Crippen LogP contribution in [0.3, 0.4) is 0 Å². The second-order valence-electron chi connectivity index (χ2n) is 3.68. The van der Waals surface area contributed by atoms with E-state index in [1.807, 2.05) is 12.1 Å². The van der Waals surface area contributed by atoms with Crippen molar-refractivity contribution in [3.05, 3.63) is 36.4 Å². The second kappa shape index (κ2) is 4.22. The van der Waals surface area contributed by atoms with Gasteiger partial charge in [-0.1, -0.05) is 31.2 Å². The van der Waals surface area contributed by atoms with Crippen LogP contribution in [0.5, 0.6) is 0 Å². The van der Waals surface area contributed by atoms with Gasteiger partial charge in [0, 0.05) is 23.3 Å². The molecule has 0 aliphatic rings. The van der Waals surface area contributed by atoms with Crippen LogP contribution in [0.15, 0.2) is 36.4 Å². The average molecular weight is 200 g/mol. The van der Waals surface area contributed by atoms with Gasteiger partial charge in [-0.3, -0.25) is 0 Å². The number of nitrogen functional groups attached to an aromatic ring is 1. The van der Waals surface area contributed by atoms with Gasteiger partial charge in [-0.15, -0.1) is 0 Å². The molecule has 0 bridgehead atoms. The highest BCUT2D eigenvalue weighted by molar-refractivity contribution is 6.02. The second-order valence-corrected chi connectivity index (χ2v) is 3.68. The van der Waals surface area contributed by atoms with Crippen LogP contribution in [0.2, 0.25) is 0 Å². The molecule has 2 nitrogen and oxygen atoms in total. The van der Waals surface area contributed by atoms with Crippen LogP contribution < -0.4 is 11.1 Å². The fourth-order valence-corrected chi connectivity index (χ4v) is 1.78. The quantitative estimate of drug-likeness (QED) is 0.746. The van der Waals surface area contributed by atoms with Gasteiger partial charge in [0.1, 0.15) is 0 Å². The Kier molecular flexibility index (Phi) is 2.77. The summed E-state index contributed by atoms with van der Waals surface area (Å²) in [5, 5.41) is 5.72. The molecule has 0 heterocycles. The molecule has 0 unspecified atom stereocenters. The molecule has 0 atom stereocenters. The fourth-order valence-electron chi connectivity index (χ4n) is 1.78. The standard InChI is InChI=1S/C13H16N2/c1-2-9-15-12-8-4-6-10-5-3-7-11(14)13(10)12/h3-8,15H,2,9,14H2,1H3. The Morgan fingerprint density at radius 2 is 1.87 bits per heavy atom. The number of anilines is 2. The van der Waals surface area contributed by atoms with Crippen LogP contribution >= 0.6 is 0 Å². The maximum Gasteiger partial charge on any atom is 0.0440 e. The molecule has 0 aromatic heterocycles. The van der Waals surface area contributed by atoms with Crippen LogP contribution in [0.25, 0.3) is 10.8 Å². The van der Waals surface area contributed by atoms with Crippen LogP contribution in [-0.2, 0) is 0 Å². The predicted octanol–water partition coefficient (Wildman–Crippen LogP) is 3.24. The van der Waals surface area contributed by atoms with Crippen molar-refractivity contribution in [1.82, 2.24) is 0 Å². The minimum Gasteiger partial charge on any atom is -0.398 e. The number of fused-ring (bicyclic) bond motifs is 1. The third-order valence-corrected chi connectivity index (χ3v) is 2.50. The number of benzene rings is 2. The largest absolute Gasteiger partial charge is 0.398 e. The molecule has 0 saturated carbocycles. The minimum absolute atomic E-state index is 0.840. The molecule has 2 rings (SSSR count). The van der Waals surface area contributed by atoms with E-state index in [-0.39, 0.29) is 0 Å². The zero-order valence-electron chi connectivity index (χ0n) is 8.96. The fraction of sp³-hybridized carbons (Fsp3) is 0.231. The van der Waals surface area contributed by atoms with Crippen molar-refractivity contribution in [2.24, 2.45) is 0 Å². The van der Waals surface area contributed by atoms with E-state index in [2.05, 4.69) is 36.5 Å². The van der Waals surface area contributed by atoms with Gasteiger partial charge in [0.2, 0.25) is 0 Å². The van der Waals surface area contributed by atoms with Gasteiger partial charge < -0.3 is 11.1 Å². The first-order valence-corrected chi connectivity index (χ1v) is 5.34. The molecule has 0 fully saturated rings. The maximum absolute atomic E-state index is 5.99. The molecule has 15 heavy (non-hydrogen) atoms. The van der Waals surface area contributed by atoms with E-state index in [0.29, 0.717) is 0 Å². The smallest absolute Gasteiger partial charge is 0.0440 e. The SMILES string of the molecule is CCCNc1cccc2cccc(N)c12. The van der Waals surface area contributed by atoms with Crippen LogP contribution in [0.4, 0.5) is 11.4 Å². The molecule has 0 amide bonds. The first-order valence-electron chi connectivity index (χ1n) is 5.34. The first kappa shape index (κ1) is 9.84. The molecule has 2 heteroatoms. The molecule has 0 aliphatic heterocycles. The zero-order chi connectivity index (χ0) is 10.7. The Balaban J connectivity index is 2.53. The molecule has 3 N–H and O–H groups in total. The molecular weight excluding hydrogens is 184 g/mol. The summed E-state index contributed by atoms with van der Waals surface area (Å²) in [5.41, 5.74) is 7.96. The average Bonchev–Trinajstić information content (AvgIpc) is 2.26. The van der Waals surface area contributed by atoms with Gasteiger partial charge in [0.05, 0.1) is 0 Å². The topological polar surface area (TPSA) is 38.0 Å². The van der Waals surface area contributed by atoms with Crippen molar-refractivity contribution in [3.8, 4) is 0 Å². The molecule has 0 aliphatic carbocycles. The number of nitrogens with one attached hydrogen (secondary N) is 1. The molecule has 0 saturated heterocycles. The van der Waals surface area contributed by atoms with Crippen LogP contribution in [0.1, 0.15) is 13.3 Å². The van der Waals surface area contributed by atoms with Crippen molar-refractivity contribution in [3.63, 3.8) is 0 Å². The van der Waals surface area contributed by atoms with Crippen molar-refractivity contribution < 1.29 is 0 Å². The van der Waals surface area contributed by atoms with E-state index < -0.39 is 0 Å². The minimum atomic E-state index is 0.840. The van der Waals surface area contributed by atoms with Crippen molar-refractivity contribution in [2.75, 3.05) is 17.6 Å². The first-order chi connectivity index (χ1) is 7.33. The van der Waals surface area contributed by atoms with E-state index in [0.717, 1.165) is 29.7 Å². The molecule has 2 aromatic rings. The highest BCUT2D eigenvalue weighted by Gasteiger charge is 2.02. The maximum atomic E-state index is 5.99. The van der Waals surface area contributed by atoms with E-state index >= 15 is 0 Å². The van der Waals surface area contributed by atoms with Gasteiger partial charge in [0.15, 0.2) is 0 Å². The van der Waals surface area contributed by atoms with E-state index in [1.165, 1.54) is 5.39 Å². The Labute approximate surface area is 90.1 Å². The van der Waals surface area contributed by atoms with Crippen LogP contribution in [0, 0.1) is 0 Å². The summed E-state index contributed by atoms with van der Waals surface area (Å²) in [6.45, 7) is 3.13. The summed E-state index contributed by atoms with van der Waals surface area (Å²) >= 11 is 0. The van der Waals surface area contributed by atoms with Gasteiger partial charge in [0.25, 0.3) is 0 Å². The Bertz CT molecular complexity index is 458. The normalized spacial score (nSPS) is 10.5. The van der Waals surface area contributed by atoms with E-state index in [9.17, 15) is 0 Å². The summed E-state index contributed by atoms with van der Waals surface area (Å²) in [6.07, 6.45) is 1.11. The lowest BCUT2D eigenvalue weighted by Gasteiger charge is -2.10. The third kappa shape index (κ3) is 1.89. The molecule has 78 valence electrons.